The van der Waals surface area contributed by atoms with Gasteiger partial charge in [0.25, 0.3) is 5.91 Å². The first-order chi connectivity index (χ1) is 10.6. The molecule has 0 aromatic heterocycles. The van der Waals surface area contributed by atoms with E-state index >= 15 is 0 Å². The number of carbonyl (C=O) groups is 1. The number of halogens is 2. The topological polar surface area (TPSA) is 50.7 Å². The summed E-state index contributed by atoms with van der Waals surface area (Å²) >= 11 is 9.35. The van der Waals surface area contributed by atoms with Gasteiger partial charge in [0.1, 0.15) is 5.75 Å². The van der Waals surface area contributed by atoms with Crippen LogP contribution in [0.3, 0.4) is 0 Å². The molecule has 1 aliphatic carbocycles. The van der Waals surface area contributed by atoms with Gasteiger partial charge in [-0.1, -0.05) is 46.8 Å². The maximum Gasteiger partial charge on any atom is 0.277 e. The van der Waals surface area contributed by atoms with E-state index < -0.39 is 0 Å². The third-order valence-electron chi connectivity index (χ3n) is 3.52. The minimum Gasteiger partial charge on any atom is -0.482 e. The normalized spacial score (nSPS) is 15.6. The Balaban J connectivity index is 1.79. The molecule has 0 spiro atoms. The highest BCUT2D eigenvalue weighted by Gasteiger charge is 2.08. The highest BCUT2D eigenvalue weighted by atomic mass is 79.9. The number of hydrogen-bond acceptors (Lipinski definition) is 3. The average molecular weight is 388 g/mol. The van der Waals surface area contributed by atoms with Crippen LogP contribution in [0.2, 0.25) is 5.02 Å². The molecule has 1 saturated carbocycles. The Morgan fingerprint density at radius 1 is 1.23 bits per heavy atom. The minimum absolute atomic E-state index is 0.0991. The average Bonchev–Trinajstić information content (AvgIpc) is 2.45. The molecule has 1 aromatic rings. The number of amides is 1. The van der Waals surface area contributed by atoms with Gasteiger partial charge in [0.2, 0.25) is 0 Å². The van der Waals surface area contributed by atoms with Crippen molar-refractivity contribution in [3.63, 3.8) is 0 Å². The van der Waals surface area contributed by atoms with Crippen LogP contribution in [-0.4, -0.2) is 18.2 Å². The zero-order valence-corrected chi connectivity index (χ0v) is 14.8. The summed E-state index contributed by atoms with van der Waals surface area (Å²) in [4.78, 5) is 11.8. The second-order valence-corrected chi connectivity index (χ2v) is 6.67. The summed E-state index contributed by atoms with van der Waals surface area (Å²) in [6, 6.07) is 5.26. The molecule has 120 valence electrons. The monoisotopic (exact) mass is 386 g/mol. The lowest BCUT2D eigenvalue weighted by Crippen LogP contribution is -2.26. The third-order valence-corrected chi connectivity index (χ3v) is 4.31. The predicted molar refractivity (Wildman–Crippen MR) is 92.5 cm³/mol. The number of nitrogens with zero attached hydrogens (tertiary/aromatic N) is 1. The summed E-state index contributed by atoms with van der Waals surface area (Å²) in [7, 11) is 0. The van der Waals surface area contributed by atoms with Crippen LogP contribution >= 0.6 is 27.5 Å². The molecule has 0 bridgehead atoms. The zero-order chi connectivity index (χ0) is 15.8. The number of hydrogen-bond donors (Lipinski definition) is 1. The third kappa shape index (κ3) is 5.97. The highest BCUT2D eigenvalue weighted by molar-refractivity contribution is 9.10. The Labute approximate surface area is 144 Å². The summed E-state index contributed by atoms with van der Waals surface area (Å²) in [5, 5.41) is 4.70. The Kier molecular flexibility index (Phi) is 7.19. The maximum absolute atomic E-state index is 11.8. The van der Waals surface area contributed by atoms with Gasteiger partial charge in [-0.05, 0) is 43.9 Å². The molecule has 1 fully saturated rings. The van der Waals surface area contributed by atoms with Gasteiger partial charge in [-0.15, -0.1) is 0 Å². The van der Waals surface area contributed by atoms with Gasteiger partial charge >= 0.3 is 0 Å². The van der Waals surface area contributed by atoms with E-state index in [4.69, 9.17) is 16.3 Å². The zero-order valence-electron chi connectivity index (χ0n) is 12.4. The quantitative estimate of drug-likeness (QED) is 0.761. The number of nitrogens with one attached hydrogen (secondary N) is 1. The van der Waals surface area contributed by atoms with Gasteiger partial charge in [0, 0.05) is 10.2 Å². The van der Waals surface area contributed by atoms with Crippen LogP contribution in [0.15, 0.2) is 27.8 Å². The molecule has 0 heterocycles. The predicted octanol–water partition coefficient (Wildman–Crippen LogP) is 4.70. The first kappa shape index (κ1) is 17.3. The molecule has 0 radical (unpaired) electrons. The molecule has 2 rings (SSSR count). The summed E-state index contributed by atoms with van der Waals surface area (Å²) in [6.07, 6.45) is 8.05. The van der Waals surface area contributed by atoms with Crippen molar-refractivity contribution in [3.05, 3.63) is 27.7 Å². The van der Waals surface area contributed by atoms with Crippen LogP contribution in [-0.2, 0) is 4.79 Å². The van der Waals surface area contributed by atoms with E-state index in [0.29, 0.717) is 10.8 Å². The van der Waals surface area contributed by atoms with Crippen molar-refractivity contribution in [2.75, 3.05) is 6.61 Å². The summed E-state index contributed by atoms with van der Waals surface area (Å²) in [5.41, 5.74) is 3.65. The second-order valence-electron chi connectivity index (χ2n) is 5.34. The van der Waals surface area contributed by atoms with Crippen molar-refractivity contribution >= 4 is 39.1 Å². The maximum atomic E-state index is 11.8. The van der Waals surface area contributed by atoms with E-state index in [9.17, 15) is 4.79 Å². The van der Waals surface area contributed by atoms with E-state index in [1.165, 1.54) is 19.3 Å². The molecule has 0 atom stereocenters. The second kappa shape index (κ2) is 9.16. The molecule has 0 unspecified atom stereocenters. The van der Waals surface area contributed by atoms with Crippen molar-refractivity contribution in [3.8, 4) is 5.75 Å². The van der Waals surface area contributed by atoms with Gasteiger partial charge in [-0.25, -0.2) is 5.43 Å². The largest absolute Gasteiger partial charge is 0.482 e. The van der Waals surface area contributed by atoms with E-state index in [2.05, 4.69) is 26.5 Å². The first-order valence-electron chi connectivity index (χ1n) is 7.57. The lowest BCUT2D eigenvalue weighted by atomic mass is 9.99. The van der Waals surface area contributed by atoms with E-state index in [-0.39, 0.29) is 12.5 Å². The molecule has 1 N–H and O–H groups in total. The Morgan fingerprint density at radius 2 is 1.91 bits per heavy atom. The number of ether oxygens (including phenoxy) is 1. The lowest BCUT2D eigenvalue weighted by Gasteiger charge is -2.11. The summed E-state index contributed by atoms with van der Waals surface area (Å²) < 4.78 is 6.27. The van der Waals surface area contributed by atoms with Crippen LogP contribution < -0.4 is 10.2 Å². The fourth-order valence-electron chi connectivity index (χ4n) is 2.33. The molecule has 22 heavy (non-hydrogen) atoms. The molecule has 0 saturated heterocycles. The molecule has 1 aliphatic rings. The van der Waals surface area contributed by atoms with Crippen LogP contribution in [0.25, 0.3) is 0 Å². The number of rotatable bonds is 4. The van der Waals surface area contributed by atoms with Gasteiger partial charge in [-0.2, -0.15) is 5.10 Å². The fraction of sp³-hybridized carbons (Fsp3) is 0.500. The van der Waals surface area contributed by atoms with Crippen molar-refractivity contribution in [2.45, 2.75) is 44.9 Å². The Morgan fingerprint density at radius 3 is 2.59 bits per heavy atom. The van der Waals surface area contributed by atoms with Crippen LogP contribution in [0.4, 0.5) is 0 Å². The molecule has 0 aliphatic heterocycles. The van der Waals surface area contributed by atoms with E-state index in [1.54, 1.807) is 12.1 Å². The molecule has 6 heteroatoms. The summed E-state index contributed by atoms with van der Waals surface area (Å²) in [6.45, 7) is -0.0991. The Bertz CT molecular complexity index is 539. The van der Waals surface area contributed by atoms with E-state index in [1.807, 2.05) is 6.07 Å². The molecule has 1 aromatic carbocycles. The van der Waals surface area contributed by atoms with E-state index in [0.717, 1.165) is 35.9 Å². The van der Waals surface area contributed by atoms with Crippen molar-refractivity contribution in [1.82, 2.24) is 5.43 Å². The van der Waals surface area contributed by atoms with Crippen LogP contribution in [0.1, 0.15) is 44.9 Å². The SMILES string of the molecule is O=C(COc1ccc(Br)cc1Cl)NN=C1CCCCCCC1. The molecule has 4 nitrogen and oxygen atoms in total. The fourth-order valence-corrected chi connectivity index (χ4v) is 3.06. The standard InChI is InChI=1S/C16H20BrClN2O2/c17-12-8-9-15(14(18)10-12)22-11-16(21)20-19-13-6-4-2-1-3-5-7-13/h8-10H,1-7,11H2,(H,20,21). The smallest absolute Gasteiger partial charge is 0.277 e. The Hall–Kier alpha value is -1.07. The van der Waals surface area contributed by atoms with Crippen molar-refractivity contribution in [1.29, 1.82) is 0 Å². The van der Waals surface area contributed by atoms with Gasteiger partial charge in [0.05, 0.1) is 5.02 Å². The molecule has 1 amide bonds. The van der Waals surface area contributed by atoms with Crippen LogP contribution in [0, 0.1) is 0 Å². The first-order valence-corrected chi connectivity index (χ1v) is 8.74. The van der Waals surface area contributed by atoms with Gasteiger partial charge in [-0.3, -0.25) is 4.79 Å². The molecular formula is C16H20BrClN2O2. The van der Waals surface area contributed by atoms with Crippen molar-refractivity contribution in [2.24, 2.45) is 5.10 Å². The van der Waals surface area contributed by atoms with Gasteiger partial charge in [0.15, 0.2) is 6.61 Å². The highest BCUT2D eigenvalue weighted by Crippen LogP contribution is 2.27. The minimum atomic E-state index is -0.270. The number of hydrazone groups is 1. The molecular weight excluding hydrogens is 368 g/mol. The number of benzene rings is 1. The summed E-state index contributed by atoms with van der Waals surface area (Å²) in [5.74, 6) is 0.215. The van der Waals surface area contributed by atoms with Crippen LogP contribution in [0.5, 0.6) is 5.75 Å². The lowest BCUT2D eigenvalue weighted by molar-refractivity contribution is -0.123. The van der Waals surface area contributed by atoms with Gasteiger partial charge < -0.3 is 4.74 Å². The van der Waals surface area contributed by atoms with Crippen molar-refractivity contribution < 1.29 is 9.53 Å². The number of carbonyl (C=O) groups excluding carboxylic acids is 1.